The van der Waals surface area contributed by atoms with Gasteiger partial charge in [0.15, 0.2) is 0 Å². The predicted octanol–water partition coefficient (Wildman–Crippen LogP) is -0.291. The van der Waals surface area contributed by atoms with E-state index in [9.17, 15) is 14.4 Å². The van der Waals surface area contributed by atoms with Crippen molar-refractivity contribution in [3.8, 4) is 0 Å². The van der Waals surface area contributed by atoms with E-state index >= 15 is 0 Å². The molecule has 0 aliphatic heterocycles. The van der Waals surface area contributed by atoms with Crippen LogP contribution in [0.15, 0.2) is 30.5 Å². The maximum Gasteiger partial charge on any atom is 0.328 e. The number of hydrogen-bond donors (Lipinski definition) is 1. The van der Waals surface area contributed by atoms with Gasteiger partial charge in [-0.15, -0.1) is 5.10 Å². The van der Waals surface area contributed by atoms with E-state index in [4.69, 9.17) is 0 Å². The van der Waals surface area contributed by atoms with Crippen LogP contribution in [0.2, 0.25) is 0 Å². The van der Waals surface area contributed by atoms with Crippen molar-refractivity contribution in [2.75, 3.05) is 14.2 Å². The Balaban J connectivity index is 1.95. The highest BCUT2D eigenvalue weighted by molar-refractivity contribution is 5.87. The number of allylic oxidation sites excluding steroid dienone is 4. The number of carbonyl (C=O) groups is 3. The average Bonchev–Trinajstić information content (AvgIpc) is 3.24. The molecule has 0 unspecified atom stereocenters. The molecule has 0 bridgehead atoms. The normalized spacial score (nSPS) is 14.4. The van der Waals surface area contributed by atoms with Crippen LogP contribution in [0, 0.1) is 0 Å². The van der Waals surface area contributed by atoms with Crippen LogP contribution >= 0.6 is 0 Å². The summed E-state index contributed by atoms with van der Waals surface area (Å²) in [6.45, 7) is -0.137. The quantitative estimate of drug-likeness (QED) is 0.682. The summed E-state index contributed by atoms with van der Waals surface area (Å²) in [5.74, 6) is -1.81. The lowest BCUT2D eigenvalue weighted by molar-refractivity contribution is -0.150. The summed E-state index contributed by atoms with van der Waals surface area (Å²) in [6.07, 6.45) is 9.07. The SMILES string of the molecule is COC(=O)C[C@H](NC(=O)Cn1cc(C2C=CC=C2)nn1)C(=O)OC. The molecule has 1 aliphatic carbocycles. The van der Waals surface area contributed by atoms with Crippen molar-refractivity contribution in [2.24, 2.45) is 0 Å². The summed E-state index contributed by atoms with van der Waals surface area (Å²) in [5.41, 5.74) is 0.715. The molecule has 2 rings (SSSR count). The van der Waals surface area contributed by atoms with Crippen molar-refractivity contribution >= 4 is 17.8 Å². The number of nitrogens with one attached hydrogen (secondary N) is 1. The molecule has 0 saturated carbocycles. The summed E-state index contributed by atoms with van der Waals surface area (Å²) in [5, 5.41) is 10.3. The number of nitrogens with zero attached hydrogens (tertiary/aromatic N) is 3. The van der Waals surface area contributed by atoms with Crippen LogP contribution in [0.5, 0.6) is 0 Å². The Hall–Kier alpha value is -2.97. The Morgan fingerprint density at radius 2 is 1.96 bits per heavy atom. The lowest BCUT2D eigenvalue weighted by Crippen LogP contribution is -2.44. The van der Waals surface area contributed by atoms with E-state index in [0.29, 0.717) is 5.69 Å². The first-order valence-electron chi connectivity index (χ1n) is 7.22. The summed E-state index contributed by atoms with van der Waals surface area (Å²) in [4.78, 5) is 35.0. The van der Waals surface area contributed by atoms with Gasteiger partial charge in [-0.3, -0.25) is 9.59 Å². The molecular formula is C15H18N4O5. The molecule has 1 heterocycles. The minimum Gasteiger partial charge on any atom is -0.469 e. The number of methoxy groups -OCH3 is 2. The monoisotopic (exact) mass is 334 g/mol. The van der Waals surface area contributed by atoms with E-state index < -0.39 is 23.9 Å². The molecule has 0 spiro atoms. The fourth-order valence-corrected chi connectivity index (χ4v) is 2.15. The lowest BCUT2D eigenvalue weighted by Gasteiger charge is -2.15. The molecule has 1 aromatic heterocycles. The Morgan fingerprint density at radius 3 is 2.58 bits per heavy atom. The van der Waals surface area contributed by atoms with Gasteiger partial charge in [0.1, 0.15) is 12.6 Å². The standard InChI is InChI=1S/C15H18N4O5/c1-23-14(21)7-11(15(22)24-2)16-13(20)9-19-8-12(17-18-19)10-5-3-4-6-10/h3-6,8,10-11H,7,9H2,1-2H3,(H,16,20)/t11-/m0/s1. The van der Waals surface area contributed by atoms with Gasteiger partial charge in [-0.1, -0.05) is 29.5 Å². The number of ether oxygens (including phenoxy) is 2. The second-order valence-corrected chi connectivity index (χ2v) is 5.06. The molecule has 0 saturated heterocycles. The molecule has 0 fully saturated rings. The molecule has 9 heteroatoms. The second kappa shape index (κ2) is 8.04. The zero-order valence-electron chi connectivity index (χ0n) is 13.3. The molecule has 0 aromatic carbocycles. The minimum atomic E-state index is -1.11. The predicted molar refractivity (Wildman–Crippen MR) is 81.6 cm³/mol. The van der Waals surface area contributed by atoms with Crippen molar-refractivity contribution in [3.05, 3.63) is 36.2 Å². The first-order valence-corrected chi connectivity index (χ1v) is 7.22. The van der Waals surface area contributed by atoms with Crippen molar-refractivity contribution < 1.29 is 23.9 Å². The van der Waals surface area contributed by atoms with Crippen LogP contribution in [0.3, 0.4) is 0 Å². The minimum absolute atomic E-state index is 0.0453. The van der Waals surface area contributed by atoms with Crippen molar-refractivity contribution in [1.82, 2.24) is 20.3 Å². The van der Waals surface area contributed by atoms with Crippen LogP contribution < -0.4 is 5.32 Å². The van der Waals surface area contributed by atoms with Crippen LogP contribution in [0.4, 0.5) is 0 Å². The molecule has 9 nitrogen and oxygen atoms in total. The van der Waals surface area contributed by atoms with Crippen LogP contribution in [-0.4, -0.2) is 53.1 Å². The number of esters is 2. The van der Waals surface area contributed by atoms with Crippen LogP contribution in [0.25, 0.3) is 0 Å². The van der Waals surface area contributed by atoms with E-state index in [-0.39, 0.29) is 18.9 Å². The van der Waals surface area contributed by atoms with E-state index in [1.165, 1.54) is 18.9 Å². The second-order valence-electron chi connectivity index (χ2n) is 5.06. The fraction of sp³-hybridized carbons (Fsp3) is 0.400. The zero-order valence-corrected chi connectivity index (χ0v) is 13.3. The first-order chi connectivity index (χ1) is 11.5. The number of carbonyl (C=O) groups excluding carboxylic acids is 3. The van der Waals surface area contributed by atoms with E-state index in [1.807, 2.05) is 24.3 Å². The highest BCUT2D eigenvalue weighted by Crippen LogP contribution is 2.19. The number of rotatable bonds is 7. The first kappa shape index (κ1) is 17.4. The number of aromatic nitrogens is 3. The van der Waals surface area contributed by atoms with Gasteiger partial charge in [0.25, 0.3) is 0 Å². The van der Waals surface area contributed by atoms with Gasteiger partial charge < -0.3 is 14.8 Å². The zero-order chi connectivity index (χ0) is 17.5. The Bertz CT molecular complexity index is 667. The van der Waals surface area contributed by atoms with E-state index in [2.05, 4.69) is 25.1 Å². The van der Waals surface area contributed by atoms with Gasteiger partial charge in [-0.05, 0) is 0 Å². The molecule has 1 atom stereocenters. The topological polar surface area (TPSA) is 112 Å². The fourth-order valence-electron chi connectivity index (χ4n) is 2.15. The van der Waals surface area contributed by atoms with Gasteiger partial charge in [-0.2, -0.15) is 0 Å². The van der Waals surface area contributed by atoms with Crippen LogP contribution in [0.1, 0.15) is 18.0 Å². The third kappa shape index (κ3) is 4.51. The Kier molecular flexibility index (Phi) is 5.83. The van der Waals surface area contributed by atoms with Crippen LogP contribution in [-0.2, 0) is 30.4 Å². The Morgan fingerprint density at radius 1 is 1.25 bits per heavy atom. The smallest absolute Gasteiger partial charge is 0.328 e. The van der Waals surface area contributed by atoms with Gasteiger partial charge in [0, 0.05) is 12.1 Å². The van der Waals surface area contributed by atoms with Crippen molar-refractivity contribution in [2.45, 2.75) is 24.9 Å². The van der Waals surface area contributed by atoms with E-state index in [1.54, 1.807) is 6.20 Å². The Labute approximate surface area is 138 Å². The molecule has 1 aromatic rings. The molecule has 128 valence electrons. The third-order valence-electron chi connectivity index (χ3n) is 3.37. The lowest BCUT2D eigenvalue weighted by atomic mass is 10.1. The van der Waals surface area contributed by atoms with Crippen molar-refractivity contribution in [1.29, 1.82) is 0 Å². The maximum absolute atomic E-state index is 12.1. The highest BCUT2D eigenvalue weighted by Gasteiger charge is 2.25. The molecular weight excluding hydrogens is 316 g/mol. The summed E-state index contributed by atoms with van der Waals surface area (Å²) >= 11 is 0. The third-order valence-corrected chi connectivity index (χ3v) is 3.37. The summed E-state index contributed by atoms with van der Waals surface area (Å²) < 4.78 is 10.4. The van der Waals surface area contributed by atoms with Gasteiger partial charge in [0.2, 0.25) is 5.91 Å². The molecule has 24 heavy (non-hydrogen) atoms. The largest absolute Gasteiger partial charge is 0.469 e. The average molecular weight is 334 g/mol. The number of amides is 1. The highest BCUT2D eigenvalue weighted by atomic mass is 16.5. The van der Waals surface area contributed by atoms with Gasteiger partial charge >= 0.3 is 11.9 Å². The number of hydrogen-bond acceptors (Lipinski definition) is 7. The van der Waals surface area contributed by atoms with Crippen molar-refractivity contribution in [3.63, 3.8) is 0 Å². The summed E-state index contributed by atoms with van der Waals surface area (Å²) in [7, 11) is 2.37. The van der Waals surface area contributed by atoms with E-state index in [0.717, 1.165) is 0 Å². The van der Waals surface area contributed by atoms with Gasteiger partial charge in [0.05, 0.1) is 26.3 Å². The molecule has 1 aliphatic rings. The maximum atomic E-state index is 12.1. The van der Waals surface area contributed by atoms with Gasteiger partial charge in [-0.25, -0.2) is 9.48 Å². The molecule has 0 radical (unpaired) electrons. The summed E-state index contributed by atoms with van der Waals surface area (Å²) in [6, 6.07) is -1.11. The molecule has 1 N–H and O–H groups in total. The molecule has 1 amide bonds.